The highest BCUT2D eigenvalue weighted by molar-refractivity contribution is 5.96. The summed E-state index contributed by atoms with van der Waals surface area (Å²) in [5.41, 5.74) is 7.37. The average molecular weight is 406 g/mol. The van der Waals surface area contributed by atoms with Crippen LogP contribution in [0.4, 0.5) is 5.82 Å². The lowest BCUT2D eigenvalue weighted by Gasteiger charge is -2.23. The van der Waals surface area contributed by atoms with Crippen LogP contribution in [0.5, 0.6) is 0 Å². The van der Waals surface area contributed by atoms with E-state index in [0.717, 1.165) is 47.7 Å². The van der Waals surface area contributed by atoms with Gasteiger partial charge in [-0.2, -0.15) is 5.10 Å². The summed E-state index contributed by atoms with van der Waals surface area (Å²) in [5, 5.41) is 5.06. The third-order valence-corrected chi connectivity index (χ3v) is 5.31. The molecule has 30 heavy (non-hydrogen) atoms. The molecule has 1 fully saturated rings. The lowest BCUT2D eigenvalue weighted by atomic mass is 10.0. The third kappa shape index (κ3) is 4.64. The number of nitrogens with two attached hydrogens (primary N) is 1. The standard InChI is InChI=1S/C22H26N6O2/c1-2-7-27(12-15-3-4-15)22-10-18(24-14-25-22)20(29)9-16-5-6-19-17(8-16)11-26-28(19)13-21(23)30/h5-6,8,10-11,14-15H,2-4,7,9,12-13H2,1H3,(H2,23,30). The second kappa shape index (κ2) is 8.61. The predicted octanol–water partition coefficient (Wildman–Crippen LogP) is 2.36. The number of carbonyl (C=O) groups is 2. The summed E-state index contributed by atoms with van der Waals surface area (Å²) in [6.45, 7) is 4.09. The first-order chi connectivity index (χ1) is 14.5. The molecule has 1 amide bonds. The molecule has 8 heteroatoms. The monoisotopic (exact) mass is 406 g/mol. The fourth-order valence-electron chi connectivity index (χ4n) is 3.65. The van der Waals surface area contributed by atoms with Crippen LogP contribution in [0.1, 0.15) is 42.2 Å². The van der Waals surface area contributed by atoms with Gasteiger partial charge in [0.15, 0.2) is 5.78 Å². The van der Waals surface area contributed by atoms with Gasteiger partial charge in [0, 0.05) is 31.0 Å². The Hall–Kier alpha value is -3.29. The number of hydrogen-bond acceptors (Lipinski definition) is 6. The number of rotatable bonds is 10. The van der Waals surface area contributed by atoms with Crippen LogP contribution in [-0.2, 0) is 17.8 Å². The minimum Gasteiger partial charge on any atom is -0.368 e. The largest absolute Gasteiger partial charge is 0.368 e. The zero-order valence-electron chi connectivity index (χ0n) is 17.1. The molecule has 1 aliphatic carbocycles. The van der Waals surface area contributed by atoms with E-state index in [0.29, 0.717) is 5.69 Å². The summed E-state index contributed by atoms with van der Waals surface area (Å²) in [6, 6.07) is 7.45. The lowest BCUT2D eigenvalue weighted by Crippen LogP contribution is -2.27. The van der Waals surface area contributed by atoms with Gasteiger partial charge in [0.2, 0.25) is 5.91 Å². The number of primary amides is 1. The van der Waals surface area contributed by atoms with Crippen LogP contribution < -0.4 is 10.6 Å². The van der Waals surface area contributed by atoms with Crippen LogP contribution in [0.25, 0.3) is 10.9 Å². The molecule has 1 saturated carbocycles. The summed E-state index contributed by atoms with van der Waals surface area (Å²) in [4.78, 5) is 34.9. The number of nitrogens with zero attached hydrogens (tertiary/aromatic N) is 5. The SMILES string of the molecule is CCCN(CC1CC1)c1cc(C(=O)Cc2ccc3c(cnn3CC(N)=O)c2)ncn1. The van der Waals surface area contributed by atoms with Crippen molar-refractivity contribution in [2.75, 3.05) is 18.0 Å². The molecule has 0 aliphatic heterocycles. The van der Waals surface area contributed by atoms with E-state index in [1.54, 1.807) is 10.9 Å². The fourth-order valence-corrected chi connectivity index (χ4v) is 3.65. The molecule has 156 valence electrons. The molecule has 1 aliphatic rings. The lowest BCUT2D eigenvalue weighted by molar-refractivity contribution is -0.118. The van der Waals surface area contributed by atoms with Crippen molar-refractivity contribution in [2.45, 2.75) is 39.2 Å². The summed E-state index contributed by atoms with van der Waals surface area (Å²) < 4.78 is 1.56. The van der Waals surface area contributed by atoms with E-state index >= 15 is 0 Å². The number of Topliss-reactive ketones (excluding diaryl/α,β-unsaturated/α-hetero) is 1. The van der Waals surface area contributed by atoms with E-state index in [2.05, 4.69) is 26.9 Å². The van der Waals surface area contributed by atoms with Crippen molar-refractivity contribution in [3.05, 3.63) is 48.0 Å². The van der Waals surface area contributed by atoms with Gasteiger partial charge in [-0.05, 0) is 42.9 Å². The molecule has 2 heterocycles. The molecule has 2 aromatic heterocycles. The molecule has 3 aromatic rings. The Labute approximate surface area is 175 Å². The Morgan fingerprint density at radius 2 is 2.07 bits per heavy atom. The van der Waals surface area contributed by atoms with E-state index in [4.69, 9.17) is 5.73 Å². The van der Waals surface area contributed by atoms with E-state index in [-0.39, 0.29) is 18.7 Å². The van der Waals surface area contributed by atoms with Gasteiger partial charge in [0.05, 0.1) is 11.7 Å². The highest BCUT2D eigenvalue weighted by atomic mass is 16.1. The summed E-state index contributed by atoms with van der Waals surface area (Å²) in [6.07, 6.45) is 6.98. The number of ketones is 1. The number of fused-ring (bicyclic) bond motifs is 1. The molecule has 0 unspecified atom stereocenters. The second-order valence-electron chi connectivity index (χ2n) is 7.91. The Kier molecular flexibility index (Phi) is 5.74. The van der Waals surface area contributed by atoms with Gasteiger partial charge in [0.1, 0.15) is 24.4 Å². The maximum atomic E-state index is 12.9. The number of benzene rings is 1. The first-order valence-corrected chi connectivity index (χ1v) is 10.4. The predicted molar refractivity (Wildman–Crippen MR) is 114 cm³/mol. The third-order valence-electron chi connectivity index (χ3n) is 5.31. The first-order valence-electron chi connectivity index (χ1n) is 10.4. The van der Waals surface area contributed by atoms with Crippen LogP contribution in [-0.4, -0.2) is 44.5 Å². The van der Waals surface area contributed by atoms with Gasteiger partial charge < -0.3 is 10.6 Å². The smallest absolute Gasteiger partial charge is 0.239 e. The van der Waals surface area contributed by atoms with Crippen molar-refractivity contribution in [1.82, 2.24) is 19.7 Å². The highest BCUT2D eigenvalue weighted by Crippen LogP contribution is 2.31. The van der Waals surface area contributed by atoms with Crippen molar-refractivity contribution in [3.8, 4) is 0 Å². The molecule has 0 atom stereocenters. The van der Waals surface area contributed by atoms with Crippen LogP contribution in [0.15, 0.2) is 36.8 Å². The van der Waals surface area contributed by atoms with Crippen molar-refractivity contribution < 1.29 is 9.59 Å². The Morgan fingerprint density at radius 1 is 1.23 bits per heavy atom. The average Bonchev–Trinajstić information content (AvgIpc) is 3.47. The number of aromatic nitrogens is 4. The van der Waals surface area contributed by atoms with E-state index in [1.165, 1.54) is 19.2 Å². The molecular weight excluding hydrogens is 380 g/mol. The fraction of sp³-hybridized carbons (Fsp3) is 0.409. The zero-order valence-corrected chi connectivity index (χ0v) is 17.1. The van der Waals surface area contributed by atoms with Gasteiger partial charge >= 0.3 is 0 Å². The molecule has 0 spiro atoms. The molecule has 2 N–H and O–H groups in total. The molecular formula is C22H26N6O2. The normalized spacial score (nSPS) is 13.5. The second-order valence-corrected chi connectivity index (χ2v) is 7.91. The van der Waals surface area contributed by atoms with Gasteiger partial charge in [-0.1, -0.05) is 13.0 Å². The number of carbonyl (C=O) groups excluding carboxylic acids is 2. The first kappa shape index (κ1) is 20.0. The molecule has 8 nitrogen and oxygen atoms in total. The van der Waals surface area contributed by atoms with Crippen molar-refractivity contribution >= 4 is 28.4 Å². The number of hydrogen-bond donors (Lipinski definition) is 1. The van der Waals surface area contributed by atoms with Gasteiger partial charge in [-0.3, -0.25) is 14.3 Å². The number of anilines is 1. The van der Waals surface area contributed by atoms with Crippen molar-refractivity contribution in [1.29, 1.82) is 0 Å². The topological polar surface area (TPSA) is 107 Å². The maximum absolute atomic E-state index is 12.9. The summed E-state index contributed by atoms with van der Waals surface area (Å²) >= 11 is 0. The molecule has 4 rings (SSSR count). The quantitative estimate of drug-likeness (QED) is 0.518. The van der Waals surface area contributed by atoms with Crippen LogP contribution in [0.3, 0.4) is 0 Å². The van der Waals surface area contributed by atoms with Gasteiger partial charge in [-0.25, -0.2) is 9.97 Å². The maximum Gasteiger partial charge on any atom is 0.239 e. The summed E-state index contributed by atoms with van der Waals surface area (Å²) in [5.74, 6) is 1.07. The summed E-state index contributed by atoms with van der Waals surface area (Å²) in [7, 11) is 0. The van der Waals surface area contributed by atoms with E-state index in [1.807, 2.05) is 24.3 Å². The van der Waals surface area contributed by atoms with E-state index in [9.17, 15) is 9.59 Å². The van der Waals surface area contributed by atoms with Crippen molar-refractivity contribution in [3.63, 3.8) is 0 Å². The minimum atomic E-state index is -0.447. The Morgan fingerprint density at radius 3 is 2.80 bits per heavy atom. The molecule has 0 bridgehead atoms. The highest BCUT2D eigenvalue weighted by Gasteiger charge is 2.25. The zero-order chi connectivity index (χ0) is 21.1. The van der Waals surface area contributed by atoms with Crippen molar-refractivity contribution in [2.24, 2.45) is 11.7 Å². The molecule has 1 aromatic carbocycles. The van der Waals surface area contributed by atoms with Crippen LogP contribution in [0, 0.1) is 5.92 Å². The Balaban J connectivity index is 1.50. The number of amides is 1. The van der Waals surface area contributed by atoms with Crippen LogP contribution >= 0.6 is 0 Å². The molecule has 0 saturated heterocycles. The minimum absolute atomic E-state index is 0.0284. The van der Waals surface area contributed by atoms with Crippen LogP contribution in [0.2, 0.25) is 0 Å². The Bertz CT molecular complexity index is 1070. The molecule has 0 radical (unpaired) electrons. The van der Waals surface area contributed by atoms with Gasteiger partial charge in [0.25, 0.3) is 0 Å². The van der Waals surface area contributed by atoms with Gasteiger partial charge in [-0.15, -0.1) is 0 Å². The van der Waals surface area contributed by atoms with E-state index < -0.39 is 5.91 Å².